The Morgan fingerprint density at radius 1 is 0.762 bits per heavy atom. The van der Waals surface area contributed by atoms with Gasteiger partial charge in [-0.25, -0.2) is 4.79 Å². The van der Waals surface area contributed by atoms with Gasteiger partial charge in [0.15, 0.2) is 5.60 Å². The molecule has 0 aromatic rings. The third-order valence-corrected chi connectivity index (χ3v) is 4.23. The van der Waals surface area contributed by atoms with Gasteiger partial charge in [0.05, 0.1) is 0 Å². The molecule has 21 heavy (non-hydrogen) atoms. The molecule has 0 spiro atoms. The highest BCUT2D eigenvalue weighted by Gasteiger charge is 2.28. The first kappa shape index (κ1) is 20.4. The van der Waals surface area contributed by atoms with Crippen molar-refractivity contribution in [2.24, 2.45) is 0 Å². The number of carboxylic acid groups (broad SMARTS) is 1. The van der Waals surface area contributed by atoms with Crippen LogP contribution in [0.25, 0.3) is 0 Å². The first-order valence-electron chi connectivity index (χ1n) is 8.96. The van der Waals surface area contributed by atoms with Gasteiger partial charge in [0.2, 0.25) is 0 Å². The van der Waals surface area contributed by atoms with Gasteiger partial charge in [-0.15, -0.1) is 0 Å². The van der Waals surface area contributed by atoms with Crippen LogP contribution in [0.2, 0.25) is 0 Å². The van der Waals surface area contributed by atoms with Crippen molar-refractivity contribution in [2.75, 3.05) is 0 Å². The fourth-order valence-corrected chi connectivity index (χ4v) is 2.59. The highest BCUT2D eigenvalue weighted by molar-refractivity contribution is 5.76. The van der Waals surface area contributed by atoms with Crippen LogP contribution in [0, 0.1) is 0 Å². The van der Waals surface area contributed by atoms with Gasteiger partial charge < -0.3 is 10.2 Å². The van der Waals surface area contributed by atoms with Gasteiger partial charge in [0.25, 0.3) is 0 Å². The number of carbonyl (C=O) groups is 1. The minimum atomic E-state index is -1.54. The van der Waals surface area contributed by atoms with Crippen LogP contribution in [0.5, 0.6) is 0 Å². The summed E-state index contributed by atoms with van der Waals surface area (Å²) >= 11 is 0. The van der Waals surface area contributed by atoms with Crippen LogP contribution in [-0.2, 0) is 4.79 Å². The maximum atomic E-state index is 10.7. The summed E-state index contributed by atoms with van der Waals surface area (Å²) in [6.07, 6.45) is 16.9. The summed E-state index contributed by atoms with van der Waals surface area (Å²) < 4.78 is 0. The lowest BCUT2D eigenvalue weighted by molar-refractivity contribution is -0.157. The van der Waals surface area contributed by atoms with E-state index in [0.717, 1.165) is 19.3 Å². The molecular formula is C18H36O3. The molecule has 0 saturated heterocycles. The van der Waals surface area contributed by atoms with Gasteiger partial charge >= 0.3 is 5.97 Å². The number of hydrogen-bond acceptors (Lipinski definition) is 2. The summed E-state index contributed by atoms with van der Waals surface area (Å²) in [4.78, 5) is 10.7. The smallest absolute Gasteiger partial charge is 0.335 e. The van der Waals surface area contributed by atoms with Gasteiger partial charge in [-0.05, 0) is 19.8 Å². The van der Waals surface area contributed by atoms with Crippen molar-refractivity contribution in [3.05, 3.63) is 0 Å². The van der Waals surface area contributed by atoms with Gasteiger partial charge in [0, 0.05) is 0 Å². The van der Waals surface area contributed by atoms with Crippen molar-refractivity contribution in [1.29, 1.82) is 0 Å². The molecule has 0 saturated carbocycles. The second-order valence-corrected chi connectivity index (χ2v) is 6.57. The van der Waals surface area contributed by atoms with E-state index in [1.54, 1.807) is 0 Å². The lowest BCUT2D eigenvalue weighted by Gasteiger charge is -2.17. The normalized spacial score (nSPS) is 14.0. The SMILES string of the molecule is CCCCCCCCCCCCCCCC(C)(O)C(=O)O. The lowest BCUT2D eigenvalue weighted by Crippen LogP contribution is -2.34. The number of carboxylic acids is 1. The minimum Gasteiger partial charge on any atom is -0.479 e. The first-order chi connectivity index (χ1) is 10.0. The summed E-state index contributed by atoms with van der Waals surface area (Å²) in [7, 11) is 0. The van der Waals surface area contributed by atoms with Crippen LogP contribution in [0.15, 0.2) is 0 Å². The first-order valence-corrected chi connectivity index (χ1v) is 8.96. The zero-order valence-corrected chi connectivity index (χ0v) is 14.2. The van der Waals surface area contributed by atoms with E-state index in [1.807, 2.05) is 0 Å². The predicted octanol–water partition coefficient (Wildman–Crippen LogP) is 5.30. The predicted molar refractivity (Wildman–Crippen MR) is 88.6 cm³/mol. The van der Waals surface area contributed by atoms with Crippen LogP contribution in [0.4, 0.5) is 0 Å². The Morgan fingerprint density at radius 2 is 1.10 bits per heavy atom. The summed E-state index contributed by atoms with van der Waals surface area (Å²) in [5.41, 5.74) is -1.54. The van der Waals surface area contributed by atoms with Crippen molar-refractivity contribution >= 4 is 5.97 Å². The van der Waals surface area contributed by atoms with E-state index < -0.39 is 11.6 Å². The monoisotopic (exact) mass is 300 g/mol. The summed E-state index contributed by atoms with van der Waals surface area (Å²) in [6, 6.07) is 0. The molecule has 0 aromatic carbocycles. The molecular weight excluding hydrogens is 264 g/mol. The van der Waals surface area contributed by atoms with Crippen LogP contribution in [0.1, 0.15) is 104 Å². The standard InChI is InChI=1S/C18H36O3/c1-3-4-5-6-7-8-9-10-11-12-13-14-15-16-18(2,21)17(19)20/h21H,3-16H2,1-2H3,(H,19,20). The average Bonchev–Trinajstić information content (AvgIpc) is 2.43. The molecule has 2 N–H and O–H groups in total. The van der Waals surface area contributed by atoms with Gasteiger partial charge in [0.1, 0.15) is 0 Å². The molecule has 0 aliphatic rings. The summed E-state index contributed by atoms with van der Waals surface area (Å²) in [5, 5.41) is 18.4. The maximum absolute atomic E-state index is 10.7. The third kappa shape index (κ3) is 12.9. The van der Waals surface area contributed by atoms with Crippen molar-refractivity contribution < 1.29 is 15.0 Å². The van der Waals surface area contributed by atoms with E-state index in [2.05, 4.69) is 6.92 Å². The Kier molecular flexibility index (Phi) is 12.8. The van der Waals surface area contributed by atoms with Crippen LogP contribution in [-0.4, -0.2) is 21.8 Å². The molecule has 0 fully saturated rings. The van der Waals surface area contributed by atoms with Crippen molar-refractivity contribution in [2.45, 2.75) is 109 Å². The molecule has 0 radical (unpaired) electrons. The third-order valence-electron chi connectivity index (χ3n) is 4.23. The van der Waals surface area contributed by atoms with E-state index in [1.165, 1.54) is 71.1 Å². The Morgan fingerprint density at radius 3 is 1.43 bits per heavy atom. The zero-order valence-electron chi connectivity index (χ0n) is 14.2. The number of rotatable bonds is 15. The van der Waals surface area contributed by atoms with Crippen molar-refractivity contribution in [1.82, 2.24) is 0 Å². The highest BCUT2D eigenvalue weighted by atomic mass is 16.4. The maximum Gasteiger partial charge on any atom is 0.335 e. The number of hydrogen-bond donors (Lipinski definition) is 2. The molecule has 0 rings (SSSR count). The van der Waals surface area contributed by atoms with Gasteiger partial charge in [-0.3, -0.25) is 0 Å². The lowest BCUT2D eigenvalue weighted by atomic mass is 9.97. The fraction of sp³-hybridized carbons (Fsp3) is 0.944. The molecule has 1 atom stereocenters. The van der Waals surface area contributed by atoms with Gasteiger partial charge in [-0.2, -0.15) is 0 Å². The number of unbranched alkanes of at least 4 members (excludes halogenated alkanes) is 12. The summed E-state index contributed by atoms with van der Waals surface area (Å²) in [5.74, 6) is -1.11. The second kappa shape index (κ2) is 13.1. The summed E-state index contributed by atoms with van der Waals surface area (Å²) in [6.45, 7) is 3.64. The Bertz CT molecular complexity index is 249. The largest absolute Gasteiger partial charge is 0.479 e. The van der Waals surface area contributed by atoms with E-state index in [4.69, 9.17) is 5.11 Å². The van der Waals surface area contributed by atoms with E-state index in [9.17, 15) is 9.90 Å². The fourth-order valence-electron chi connectivity index (χ4n) is 2.59. The number of aliphatic hydroxyl groups is 1. The Labute approximate surface area is 131 Å². The quantitative estimate of drug-likeness (QED) is 0.403. The number of aliphatic carboxylic acids is 1. The van der Waals surface area contributed by atoms with E-state index in [-0.39, 0.29) is 0 Å². The zero-order chi connectivity index (χ0) is 16.0. The Hall–Kier alpha value is -0.570. The van der Waals surface area contributed by atoms with Crippen LogP contribution < -0.4 is 0 Å². The average molecular weight is 300 g/mol. The van der Waals surface area contributed by atoms with E-state index in [0.29, 0.717) is 6.42 Å². The molecule has 0 bridgehead atoms. The van der Waals surface area contributed by atoms with Crippen LogP contribution in [0.3, 0.4) is 0 Å². The second-order valence-electron chi connectivity index (χ2n) is 6.57. The van der Waals surface area contributed by atoms with Crippen molar-refractivity contribution in [3.8, 4) is 0 Å². The Balaban J connectivity index is 3.18. The molecule has 0 heterocycles. The molecule has 0 amide bonds. The topological polar surface area (TPSA) is 57.5 Å². The van der Waals surface area contributed by atoms with Gasteiger partial charge in [-0.1, -0.05) is 84.0 Å². The minimum absolute atomic E-state index is 0.361. The molecule has 1 unspecified atom stereocenters. The molecule has 0 aliphatic heterocycles. The molecule has 0 aromatic heterocycles. The molecule has 126 valence electrons. The van der Waals surface area contributed by atoms with Crippen molar-refractivity contribution in [3.63, 3.8) is 0 Å². The highest BCUT2D eigenvalue weighted by Crippen LogP contribution is 2.17. The molecule has 0 aliphatic carbocycles. The molecule has 3 heteroatoms. The van der Waals surface area contributed by atoms with E-state index >= 15 is 0 Å². The van der Waals surface area contributed by atoms with Crippen LogP contribution >= 0.6 is 0 Å². The molecule has 3 nitrogen and oxygen atoms in total.